The highest BCUT2D eigenvalue weighted by molar-refractivity contribution is 7.90. The summed E-state index contributed by atoms with van der Waals surface area (Å²) >= 11 is 0. The topological polar surface area (TPSA) is 60.4 Å². The Morgan fingerprint density at radius 3 is 2.15 bits per heavy atom. The third-order valence-electron chi connectivity index (χ3n) is 4.32. The molecule has 2 aromatic rings. The Morgan fingerprint density at radius 2 is 1.59 bits per heavy atom. The summed E-state index contributed by atoms with van der Waals surface area (Å²) in [5.74, 6) is -0.106. The van der Waals surface area contributed by atoms with Crippen molar-refractivity contribution in [2.45, 2.75) is 32.5 Å². The summed E-state index contributed by atoms with van der Waals surface area (Å²) in [7, 11) is -3.13. The molecule has 0 heterocycles. The first-order valence-electron chi connectivity index (χ1n) is 8.89. The van der Waals surface area contributed by atoms with Crippen LogP contribution in [0, 0.1) is 0 Å². The standard InChI is InChI=1S/C22H26O4S/c1-17(14-15-27(3,24)25)22(16-21(23)20-12-8-5-9-13-20)26-18(2)19-10-6-4-7-11-19/h4-14,18,22H,15-16H2,1-3H3/b17-14-/t18-,22-/m1/s1. The number of ketones is 1. The normalized spacial score (nSPS) is 14.6. The number of sulfone groups is 1. The number of ether oxygens (including phenoxy) is 1. The maximum Gasteiger partial charge on any atom is 0.165 e. The number of hydrogen-bond donors (Lipinski definition) is 0. The summed E-state index contributed by atoms with van der Waals surface area (Å²) in [6.07, 6.45) is 2.27. The van der Waals surface area contributed by atoms with Crippen molar-refractivity contribution < 1.29 is 17.9 Å². The minimum absolute atomic E-state index is 0.0343. The van der Waals surface area contributed by atoms with Crippen LogP contribution in [-0.2, 0) is 14.6 Å². The van der Waals surface area contributed by atoms with Crippen LogP contribution in [0.2, 0.25) is 0 Å². The molecule has 0 unspecified atom stereocenters. The first kappa shape index (κ1) is 21.1. The van der Waals surface area contributed by atoms with Crippen LogP contribution in [0.1, 0.15) is 42.3 Å². The van der Waals surface area contributed by atoms with Crippen molar-refractivity contribution in [1.82, 2.24) is 0 Å². The molecule has 0 saturated heterocycles. The number of benzene rings is 2. The van der Waals surface area contributed by atoms with E-state index in [4.69, 9.17) is 4.74 Å². The van der Waals surface area contributed by atoms with E-state index in [9.17, 15) is 13.2 Å². The van der Waals surface area contributed by atoms with Crippen molar-refractivity contribution in [3.8, 4) is 0 Å². The predicted molar refractivity (Wildman–Crippen MR) is 109 cm³/mol. The summed E-state index contributed by atoms with van der Waals surface area (Å²) < 4.78 is 29.2. The van der Waals surface area contributed by atoms with Crippen LogP contribution >= 0.6 is 0 Å². The van der Waals surface area contributed by atoms with Crippen molar-refractivity contribution >= 4 is 15.6 Å². The molecule has 0 aliphatic heterocycles. The average Bonchev–Trinajstić information content (AvgIpc) is 2.66. The molecule has 0 aliphatic rings. The van der Waals surface area contributed by atoms with Gasteiger partial charge in [0.1, 0.15) is 0 Å². The molecule has 2 rings (SSSR count). The van der Waals surface area contributed by atoms with E-state index >= 15 is 0 Å². The maximum atomic E-state index is 12.7. The van der Waals surface area contributed by atoms with Crippen molar-refractivity contribution in [3.63, 3.8) is 0 Å². The fourth-order valence-corrected chi connectivity index (χ4v) is 3.26. The average molecular weight is 387 g/mol. The van der Waals surface area contributed by atoms with Gasteiger partial charge in [-0.05, 0) is 25.0 Å². The van der Waals surface area contributed by atoms with E-state index in [1.54, 1.807) is 18.2 Å². The summed E-state index contributed by atoms with van der Waals surface area (Å²) in [6, 6.07) is 18.8. The highest BCUT2D eigenvalue weighted by Crippen LogP contribution is 2.24. The number of rotatable bonds is 9. The molecular formula is C22H26O4S. The zero-order valence-corrected chi connectivity index (χ0v) is 16.8. The lowest BCUT2D eigenvalue weighted by Crippen LogP contribution is -2.22. The molecule has 27 heavy (non-hydrogen) atoms. The van der Waals surface area contributed by atoms with Gasteiger partial charge in [0.2, 0.25) is 0 Å². The number of carbonyl (C=O) groups excluding carboxylic acids is 1. The van der Waals surface area contributed by atoms with Gasteiger partial charge in [-0.15, -0.1) is 0 Å². The SMILES string of the molecule is C/C(=C/CS(C)(=O)=O)[C@@H](CC(=O)c1ccccc1)O[C@H](C)c1ccccc1. The monoisotopic (exact) mass is 386 g/mol. The van der Waals surface area contributed by atoms with Gasteiger partial charge in [-0.25, -0.2) is 8.42 Å². The number of hydrogen-bond acceptors (Lipinski definition) is 4. The molecular weight excluding hydrogens is 360 g/mol. The smallest absolute Gasteiger partial charge is 0.165 e. The lowest BCUT2D eigenvalue weighted by atomic mass is 10.00. The quantitative estimate of drug-likeness (QED) is 0.473. The van der Waals surface area contributed by atoms with E-state index in [0.29, 0.717) is 5.56 Å². The zero-order chi connectivity index (χ0) is 19.9. The van der Waals surface area contributed by atoms with E-state index in [-0.39, 0.29) is 24.1 Å². The first-order valence-corrected chi connectivity index (χ1v) is 11.0. The molecule has 0 N–H and O–H groups in total. The Bertz CT molecular complexity index is 871. The Balaban J connectivity index is 2.20. The number of Topliss-reactive ketones (excluding diaryl/α,β-unsaturated/α-hetero) is 1. The van der Waals surface area contributed by atoms with Crippen molar-refractivity contribution in [3.05, 3.63) is 83.4 Å². The van der Waals surface area contributed by atoms with Crippen LogP contribution in [0.5, 0.6) is 0 Å². The second-order valence-electron chi connectivity index (χ2n) is 6.71. The molecule has 0 fully saturated rings. The van der Waals surface area contributed by atoms with E-state index in [0.717, 1.165) is 11.1 Å². The van der Waals surface area contributed by atoms with Crippen LogP contribution in [0.25, 0.3) is 0 Å². The molecule has 144 valence electrons. The molecule has 0 aromatic heterocycles. The van der Waals surface area contributed by atoms with Crippen LogP contribution in [0.15, 0.2) is 72.3 Å². The van der Waals surface area contributed by atoms with Crippen LogP contribution < -0.4 is 0 Å². The van der Waals surface area contributed by atoms with Crippen LogP contribution in [-0.4, -0.2) is 32.3 Å². The first-order chi connectivity index (χ1) is 12.8. The van der Waals surface area contributed by atoms with Crippen LogP contribution in [0.3, 0.4) is 0 Å². The van der Waals surface area contributed by atoms with Gasteiger partial charge in [0.05, 0.1) is 18.0 Å². The summed E-state index contributed by atoms with van der Waals surface area (Å²) in [4.78, 5) is 12.7. The van der Waals surface area contributed by atoms with E-state index in [2.05, 4.69) is 0 Å². The molecule has 0 spiro atoms. The summed E-state index contributed by atoms with van der Waals surface area (Å²) in [6.45, 7) is 3.74. The van der Waals surface area contributed by atoms with E-state index in [1.165, 1.54) is 6.26 Å². The third-order valence-corrected chi connectivity index (χ3v) is 5.09. The molecule has 2 aromatic carbocycles. The van der Waals surface area contributed by atoms with Gasteiger partial charge in [0.15, 0.2) is 15.6 Å². The maximum absolute atomic E-state index is 12.7. The van der Waals surface area contributed by atoms with Gasteiger partial charge in [0, 0.05) is 18.2 Å². The van der Waals surface area contributed by atoms with Crippen LogP contribution in [0.4, 0.5) is 0 Å². The molecule has 0 bridgehead atoms. The van der Waals surface area contributed by atoms with Gasteiger partial charge >= 0.3 is 0 Å². The van der Waals surface area contributed by atoms with Gasteiger partial charge in [0.25, 0.3) is 0 Å². The summed E-state index contributed by atoms with van der Waals surface area (Å²) in [5.41, 5.74) is 2.37. The molecule has 0 amide bonds. The van der Waals surface area contributed by atoms with Crippen molar-refractivity contribution in [2.24, 2.45) is 0 Å². The summed E-state index contributed by atoms with van der Waals surface area (Å²) in [5, 5.41) is 0. The molecule has 5 heteroatoms. The minimum Gasteiger partial charge on any atom is -0.366 e. The second kappa shape index (κ2) is 9.62. The molecule has 0 radical (unpaired) electrons. The van der Waals surface area contributed by atoms with Gasteiger partial charge in [-0.1, -0.05) is 66.7 Å². The van der Waals surface area contributed by atoms with Crippen molar-refractivity contribution in [1.29, 1.82) is 0 Å². The van der Waals surface area contributed by atoms with E-state index in [1.807, 2.05) is 62.4 Å². The second-order valence-corrected chi connectivity index (χ2v) is 8.90. The molecule has 2 atom stereocenters. The minimum atomic E-state index is -3.13. The third kappa shape index (κ3) is 7.12. The fourth-order valence-electron chi connectivity index (χ4n) is 2.69. The van der Waals surface area contributed by atoms with Gasteiger partial charge in [-0.3, -0.25) is 4.79 Å². The largest absolute Gasteiger partial charge is 0.366 e. The highest BCUT2D eigenvalue weighted by atomic mass is 32.2. The molecule has 0 aliphatic carbocycles. The lowest BCUT2D eigenvalue weighted by Gasteiger charge is -2.23. The lowest BCUT2D eigenvalue weighted by molar-refractivity contribution is 0.0140. The van der Waals surface area contributed by atoms with E-state index < -0.39 is 15.9 Å². The Labute approximate surface area is 161 Å². The Hall–Kier alpha value is -2.24. The van der Waals surface area contributed by atoms with Crippen molar-refractivity contribution in [2.75, 3.05) is 12.0 Å². The molecule has 4 nitrogen and oxygen atoms in total. The zero-order valence-electron chi connectivity index (χ0n) is 16.0. The number of carbonyl (C=O) groups is 1. The Kier molecular flexibility index (Phi) is 7.51. The highest BCUT2D eigenvalue weighted by Gasteiger charge is 2.21. The van der Waals surface area contributed by atoms with Gasteiger partial charge in [-0.2, -0.15) is 0 Å². The fraction of sp³-hybridized carbons (Fsp3) is 0.318. The molecule has 0 saturated carbocycles. The predicted octanol–water partition coefficient (Wildman–Crippen LogP) is 4.40. The van der Waals surface area contributed by atoms with Gasteiger partial charge < -0.3 is 4.74 Å². The Morgan fingerprint density at radius 1 is 1.04 bits per heavy atom.